The highest BCUT2D eigenvalue weighted by Crippen LogP contribution is 2.29. The maximum absolute atomic E-state index is 9.46. The van der Waals surface area contributed by atoms with Gasteiger partial charge in [0.05, 0.1) is 11.2 Å². The van der Waals surface area contributed by atoms with Crippen LogP contribution in [0.25, 0.3) is 28.3 Å². The third-order valence-electron chi connectivity index (χ3n) is 3.58. The highest BCUT2D eigenvalue weighted by atomic mass is 16.3. The molecule has 106 valence electrons. The smallest absolute Gasteiger partial charge is 0.145 e. The van der Waals surface area contributed by atoms with Gasteiger partial charge in [-0.3, -0.25) is 9.38 Å². The van der Waals surface area contributed by atoms with Gasteiger partial charge >= 0.3 is 0 Å². The Balaban J connectivity index is 1.99. The fourth-order valence-electron chi connectivity index (χ4n) is 2.54. The van der Waals surface area contributed by atoms with Gasteiger partial charge in [-0.25, -0.2) is 4.98 Å². The number of aromatic hydroxyl groups is 1. The van der Waals surface area contributed by atoms with Crippen molar-refractivity contribution in [1.29, 1.82) is 0 Å². The van der Waals surface area contributed by atoms with Crippen LogP contribution in [0.2, 0.25) is 0 Å². The molecule has 3 heterocycles. The first-order valence-corrected chi connectivity index (χ1v) is 7.01. The van der Waals surface area contributed by atoms with E-state index in [1.165, 1.54) is 0 Å². The topological polar surface area (TPSA) is 50.4 Å². The molecule has 1 N–H and O–H groups in total. The van der Waals surface area contributed by atoms with Gasteiger partial charge in [-0.05, 0) is 48.5 Å². The summed E-state index contributed by atoms with van der Waals surface area (Å²) < 4.78 is 2.04. The second kappa shape index (κ2) is 5.00. The standard InChI is InChI=1S/C18H13N3O/c22-14-9-7-13(8-10-14)18-20-17(15-5-1-3-11-19-15)16-6-2-4-12-21(16)18/h1-12,22H. The quantitative estimate of drug-likeness (QED) is 0.610. The fourth-order valence-corrected chi connectivity index (χ4v) is 2.54. The number of benzene rings is 1. The zero-order chi connectivity index (χ0) is 14.9. The number of rotatable bonds is 2. The molecule has 4 rings (SSSR count). The molecule has 0 aliphatic rings. The van der Waals surface area contributed by atoms with E-state index in [4.69, 9.17) is 4.98 Å². The van der Waals surface area contributed by atoms with Crippen molar-refractivity contribution in [2.24, 2.45) is 0 Å². The van der Waals surface area contributed by atoms with Gasteiger partial charge < -0.3 is 5.11 Å². The lowest BCUT2D eigenvalue weighted by Gasteiger charge is -2.01. The zero-order valence-electron chi connectivity index (χ0n) is 11.7. The first-order chi connectivity index (χ1) is 10.8. The van der Waals surface area contributed by atoms with Crippen LogP contribution in [0, 0.1) is 0 Å². The minimum atomic E-state index is 0.245. The summed E-state index contributed by atoms with van der Waals surface area (Å²) in [6.07, 6.45) is 3.75. The normalized spacial score (nSPS) is 10.9. The number of hydrogen-bond donors (Lipinski definition) is 1. The molecule has 0 bridgehead atoms. The van der Waals surface area contributed by atoms with Crippen LogP contribution in [0.5, 0.6) is 5.75 Å². The first kappa shape index (κ1) is 12.6. The second-order valence-corrected chi connectivity index (χ2v) is 5.00. The zero-order valence-corrected chi connectivity index (χ0v) is 11.7. The Kier molecular flexibility index (Phi) is 2.86. The molecule has 4 nitrogen and oxygen atoms in total. The molecule has 3 aromatic heterocycles. The molecule has 0 amide bonds. The van der Waals surface area contributed by atoms with Crippen molar-refractivity contribution in [2.45, 2.75) is 0 Å². The molecule has 0 aliphatic heterocycles. The van der Waals surface area contributed by atoms with Crippen molar-refractivity contribution in [3.8, 4) is 28.5 Å². The highest BCUT2D eigenvalue weighted by molar-refractivity contribution is 5.79. The van der Waals surface area contributed by atoms with E-state index in [0.717, 1.165) is 28.3 Å². The summed E-state index contributed by atoms with van der Waals surface area (Å²) in [5, 5.41) is 9.46. The largest absolute Gasteiger partial charge is 0.508 e. The number of phenolic OH excluding ortho intramolecular Hbond substituents is 1. The molecule has 0 spiro atoms. The van der Waals surface area contributed by atoms with Crippen molar-refractivity contribution in [2.75, 3.05) is 0 Å². The van der Waals surface area contributed by atoms with Crippen molar-refractivity contribution in [3.05, 3.63) is 73.1 Å². The lowest BCUT2D eigenvalue weighted by molar-refractivity contribution is 0.475. The molecule has 0 unspecified atom stereocenters. The number of imidazole rings is 1. The van der Waals surface area contributed by atoms with Crippen LogP contribution in [0.1, 0.15) is 0 Å². The van der Waals surface area contributed by atoms with E-state index in [1.54, 1.807) is 18.3 Å². The number of fused-ring (bicyclic) bond motifs is 1. The Morgan fingerprint density at radius 1 is 0.864 bits per heavy atom. The Morgan fingerprint density at radius 2 is 1.68 bits per heavy atom. The van der Waals surface area contributed by atoms with Crippen molar-refractivity contribution in [1.82, 2.24) is 14.4 Å². The van der Waals surface area contributed by atoms with Crippen molar-refractivity contribution < 1.29 is 5.11 Å². The highest BCUT2D eigenvalue weighted by Gasteiger charge is 2.14. The summed E-state index contributed by atoms with van der Waals surface area (Å²) >= 11 is 0. The van der Waals surface area contributed by atoms with Crippen LogP contribution in [-0.2, 0) is 0 Å². The average Bonchev–Trinajstić information content (AvgIpc) is 2.96. The van der Waals surface area contributed by atoms with Crippen LogP contribution in [0.15, 0.2) is 73.1 Å². The molecular weight excluding hydrogens is 274 g/mol. The third-order valence-corrected chi connectivity index (χ3v) is 3.58. The minimum absolute atomic E-state index is 0.245. The Morgan fingerprint density at radius 3 is 2.45 bits per heavy atom. The lowest BCUT2D eigenvalue weighted by Crippen LogP contribution is -1.87. The Labute approximate surface area is 127 Å². The van der Waals surface area contributed by atoms with Crippen LogP contribution < -0.4 is 0 Å². The van der Waals surface area contributed by atoms with Gasteiger partial charge in [0.1, 0.15) is 17.3 Å². The second-order valence-electron chi connectivity index (χ2n) is 5.00. The number of phenols is 1. The molecular formula is C18H13N3O. The van der Waals surface area contributed by atoms with Gasteiger partial charge in [-0.15, -0.1) is 0 Å². The van der Waals surface area contributed by atoms with E-state index >= 15 is 0 Å². The predicted molar refractivity (Wildman–Crippen MR) is 85.5 cm³/mol. The maximum Gasteiger partial charge on any atom is 0.145 e. The van der Waals surface area contributed by atoms with Crippen molar-refractivity contribution >= 4 is 5.52 Å². The number of nitrogens with zero attached hydrogens (tertiary/aromatic N) is 3. The van der Waals surface area contributed by atoms with E-state index in [-0.39, 0.29) is 5.75 Å². The van der Waals surface area contributed by atoms with E-state index < -0.39 is 0 Å². The van der Waals surface area contributed by atoms with Gasteiger partial charge in [-0.1, -0.05) is 12.1 Å². The maximum atomic E-state index is 9.46. The molecule has 0 fully saturated rings. The average molecular weight is 287 g/mol. The molecule has 0 saturated carbocycles. The first-order valence-electron chi connectivity index (χ1n) is 7.01. The minimum Gasteiger partial charge on any atom is -0.508 e. The SMILES string of the molecule is Oc1ccc(-c2nc(-c3ccccn3)c3ccccn23)cc1. The summed E-state index contributed by atoms with van der Waals surface area (Å²) in [6.45, 7) is 0. The summed E-state index contributed by atoms with van der Waals surface area (Å²) in [5.74, 6) is 1.07. The van der Waals surface area contributed by atoms with E-state index in [2.05, 4.69) is 4.98 Å². The van der Waals surface area contributed by atoms with Gasteiger partial charge in [-0.2, -0.15) is 0 Å². The molecule has 0 aliphatic carbocycles. The predicted octanol–water partition coefficient (Wildman–Crippen LogP) is 3.77. The van der Waals surface area contributed by atoms with E-state index in [1.807, 2.05) is 59.1 Å². The molecule has 1 aromatic carbocycles. The fraction of sp³-hybridized carbons (Fsp3) is 0. The third kappa shape index (κ3) is 2.02. The van der Waals surface area contributed by atoms with Crippen LogP contribution in [0.4, 0.5) is 0 Å². The molecule has 22 heavy (non-hydrogen) atoms. The van der Waals surface area contributed by atoms with Gasteiger partial charge in [0.15, 0.2) is 0 Å². The van der Waals surface area contributed by atoms with Crippen LogP contribution >= 0.6 is 0 Å². The van der Waals surface area contributed by atoms with Gasteiger partial charge in [0.25, 0.3) is 0 Å². The van der Waals surface area contributed by atoms with E-state index in [9.17, 15) is 5.11 Å². The molecule has 0 radical (unpaired) electrons. The summed E-state index contributed by atoms with van der Waals surface area (Å²) in [7, 11) is 0. The van der Waals surface area contributed by atoms with E-state index in [0.29, 0.717) is 0 Å². The summed E-state index contributed by atoms with van der Waals surface area (Å²) in [4.78, 5) is 9.18. The monoisotopic (exact) mass is 287 g/mol. The molecule has 4 heteroatoms. The Hall–Kier alpha value is -3.14. The lowest BCUT2D eigenvalue weighted by atomic mass is 10.2. The van der Waals surface area contributed by atoms with Crippen LogP contribution in [-0.4, -0.2) is 19.5 Å². The molecule has 0 atom stereocenters. The van der Waals surface area contributed by atoms with Crippen molar-refractivity contribution in [3.63, 3.8) is 0 Å². The number of aromatic nitrogens is 3. The van der Waals surface area contributed by atoms with Gasteiger partial charge in [0, 0.05) is 18.0 Å². The molecule has 4 aromatic rings. The van der Waals surface area contributed by atoms with Crippen LogP contribution in [0.3, 0.4) is 0 Å². The van der Waals surface area contributed by atoms with Gasteiger partial charge in [0.2, 0.25) is 0 Å². The summed E-state index contributed by atoms with van der Waals surface area (Å²) in [5.41, 5.74) is 3.64. The summed E-state index contributed by atoms with van der Waals surface area (Å²) in [6, 6.07) is 18.8. The number of pyridine rings is 2. The Bertz CT molecular complexity index is 928. The molecule has 0 saturated heterocycles. The number of hydrogen-bond acceptors (Lipinski definition) is 3.